The zero-order valence-electron chi connectivity index (χ0n) is 12.2. The maximum atomic E-state index is 11.9. The molecule has 2 amide bonds. The van der Waals surface area contributed by atoms with E-state index in [4.69, 9.17) is 0 Å². The lowest BCUT2D eigenvalue weighted by Gasteiger charge is -2.07. The van der Waals surface area contributed by atoms with E-state index in [2.05, 4.69) is 26.6 Å². The molecule has 0 aliphatic rings. The lowest BCUT2D eigenvalue weighted by atomic mass is 10.2. The SMILES string of the molecule is Cc1ccsc1CNC(=O)CCNC(=O)c1ccc(Br)cc1. The summed E-state index contributed by atoms with van der Waals surface area (Å²) >= 11 is 4.95. The standard InChI is InChI=1S/C16H17BrN2O2S/c1-11-7-9-22-14(11)10-19-15(20)6-8-18-16(21)12-2-4-13(17)5-3-12/h2-5,7,9H,6,8,10H2,1H3,(H,18,21)(H,19,20). The van der Waals surface area contributed by atoms with E-state index in [-0.39, 0.29) is 18.2 Å². The van der Waals surface area contributed by atoms with E-state index in [1.54, 1.807) is 23.5 Å². The number of hydrogen-bond donors (Lipinski definition) is 2. The summed E-state index contributed by atoms with van der Waals surface area (Å²) in [5.74, 6) is -0.238. The van der Waals surface area contributed by atoms with Crippen LogP contribution in [0.25, 0.3) is 0 Å². The molecule has 116 valence electrons. The highest BCUT2D eigenvalue weighted by Crippen LogP contribution is 2.14. The quantitative estimate of drug-likeness (QED) is 0.807. The van der Waals surface area contributed by atoms with E-state index in [1.807, 2.05) is 30.5 Å². The summed E-state index contributed by atoms with van der Waals surface area (Å²) in [6.45, 7) is 2.89. The Balaban J connectivity index is 1.69. The van der Waals surface area contributed by atoms with Crippen molar-refractivity contribution in [2.24, 2.45) is 0 Å². The van der Waals surface area contributed by atoms with E-state index in [9.17, 15) is 9.59 Å². The smallest absolute Gasteiger partial charge is 0.251 e. The Kier molecular flexibility index (Phi) is 6.15. The first kappa shape index (κ1) is 16.7. The van der Waals surface area contributed by atoms with E-state index in [1.165, 1.54) is 5.56 Å². The minimum absolute atomic E-state index is 0.0658. The van der Waals surface area contributed by atoms with Crippen LogP contribution in [0.1, 0.15) is 27.2 Å². The Morgan fingerprint density at radius 1 is 1.14 bits per heavy atom. The number of aryl methyl sites for hydroxylation is 1. The van der Waals surface area contributed by atoms with Crippen LogP contribution in [0.2, 0.25) is 0 Å². The molecule has 2 N–H and O–H groups in total. The average Bonchev–Trinajstić information content (AvgIpc) is 2.91. The van der Waals surface area contributed by atoms with Crippen LogP contribution in [0.5, 0.6) is 0 Å². The number of nitrogens with one attached hydrogen (secondary N) is 2. The molecule has 0 saturated carbocycles. The van der Waals surface area contributed by atoms with Gasteiger partial charge in [0.15, 0.2) is 0 Å². The fourth-order valence-corrected chi connectivity index (χ4v) is 2.96. The summed E-state index contributed by atoms with van der Waals surface area (Å²) in [5, 5.41) is 7.61. The minimum Gasteiger partial charge on any atom is -0.352 e. The van der Waals surface area contributed by atoms with Gasteiger partial charge < -0.3 is 10.6 Å². The van der Waals surface area contributed by atoms with Gasteiger partial charge >= 0.3 is 0 Å². The number of thiophene rings is 1. The topological polar surface area (TPSA) is 58.2 Å². The third kappa shape index (κ3) is 4.96. The van der Waals surface area contributed by atoms with Crippen molar-refractivity contribution in [3.8, 4) is 0 Å². The minimum atomic E-state index is -0.172. The van der Waals surface area contributed by atoms with Crippen LogP contribution in [0.3, 0.4) is 0 Å². The van der Waals surface area contributed by atoms with E-state index >= 15 is 0 Å². The predicted molar refractivity (Wildman–Crippen MR) is 92.0 cm³/mol. The maximum Gasteiger partial charge on any atom is 0.251 e. The Hall–Kier alpha value is -1.66. The number of carbonyl (C=O) groups is 2. The summed E-state index contributed by atoms with van der Waals surface area (Å²) in [6, 6.07) is 9.12. The number of halogens is 1. The normalized spacial score (nSPS) is 10.3. The fourth-order valence-electron chi connectivity index (χ4n) is 1.85. The van der Waals surface area contributed by atoms with Gasteiger partial charge in [-0.1, -0.05) is 15.9 Å². The zero-order chi connectivity index (χ0) is 15.9. The summed E-state index contributed by atoms with van der Waals surface area (Å²) in [7, 11) is 0. The van der Waals surface area contributed by atoms with Crippen LogP contribution in [-0.4, -0.2) is 18.4 Å². The summed E-state index contributed by atoms with van der Waals surface area (Å²) < 4.78 is 0.923. The van der Waals surface area contributed by atoms with Gasteiger partial charge in [-0.25, -0.2) is 0 Å². The molecule has 1 aromatic heterocycles. The van der Waals surface area contributed by atoms with Crippen molar-refractivity contribution in [2.45, 2.75) is 19.9 Å². The molecule has 0 radical (unpaired) electrons. The van der Waals surface area contributed by atoms with Gasteiger partial charge in [-0.05, 0) is 48.2 Å². The van der Waals surface area contributed by atoms with Crippen LogP contribution in [-0.2, 0) is 11.3 Å². The fraction of sp³-hybridized carbons (Fsp3) is 0.250. The van der Waals surface area contributed by atoms with Crippen molar-refractivity contribution in [3.63, 3.8) is 0 Å². The lowest BCUT2D eigenvalue weighted by Crippen LogP contribution is -2.30. The van der Waals surface area contributed by atoms with E-state index in [0.29, 0.717) is 18.7 Å². The Morgan fingerprint density at radius 3 is 2.50 bits per heavy atom. The van der Waals surface area contributed by atoms with Crippen LogP contribution >= 0.6 is 27.3 Å². The van der Waals surface area contributed by atoms with Gasteiger partial charge in [-0.3, -0.25) is 9.59 Å². The van der Waals surface area contributed by atoms with Gasteiger partial charge in [0.2, 0.25) is 5.91 Å². The molecule has 2 rings (SSSR count). The van der Waals surface area contributed by atoms with Crippen molar-refractivity contribution in [3.05, 3.63) is 56.2 Å². The molecule has 22 heavy (non-hydrogen) atoms. The molecule has 0 saturated heterocycles. The summed E-state index contributed by atoms with van der Waals surface area (Å²) in [4.78, 5) is 24.8. The van der Waals surface area contributed by atoms with Crippen LogP contribution in [0, 0.1) is 6.92 Å². The van der Waals surface area contributed by atoms with Gasteiger partial charge in [0.05, 0.1) is 6.54 Å². The molecule has 2 aromatic rings. The molecule has 0 bridgehead atoms. The second kappa shape index (κ2) is 8.10. The van der Waals surface area contributed by atoms with Gasteiger partial charge in [-0.15, -0.1) is 11.3 Å². The third-order valence-corrected chi connectivity index (χ3v) is 4.71. The maximum absolute atomic E-state index is 11.9. The van der Waals surface area contributed by atoms with Gasteiger partial charge in [-0.2, -0.15) is 0 Å². The molecule has 1 aromatic carbocycles. The molecule has 1 heterocycles. The van der Waals surface area contributed by atoms with Crippen LogP contribution in [0.4, 0.5) is 0 Å². The highest BCUT2D eigenvalue weighted by atomic mass is 79.9. The number of hydrogen-bond acceptors (Lipinski definition) is 3. The molecule has 0 atom stereocenters. The van der Waals surface area contributed by atoms with Gasteiger partial charge in [0.25, 0.3) is 5.91 Å². The van der Waals surface area contributed by atoms with Crippen LogP contribution < -0.4 is 10.6 Å². The summed E-state index contributed by atoms with van der Waals surface area (Å²) in [6.07, 6.45) is 0.271. The monoisotopic (exact) mass is 380 g/mol. The molecule has 0 aliphatic carbocycles. The molecule has 0 aliphatic heterocycles. The Bertz CT molecular complexity index is 652. The molecule has 4 nitrogen and oxygen atoms in total. The van der Waals surface area contributed by atoms with Crippen molar-refractivity contribution in [1.29, 1.82) is 0 Å². The Labute approximate surface area is 142 Å². The van der Waals surface area contributed by atoms with Crippen molar-refractivity contribution < 1.29 is 9.59 Å². The second-order valence-corrected chi connectivity index (χ2v) is 6.73. The molecule has 6 heteroatoms. The zero-order valence-corrected chi connectivity index (χ0v) is 14.6. The first-order valence-corrected chi connectivity index (χ1v) is 8.57. The molecular formula is C16H17BrN2O2S. The van der Waals surface area contributed by atoms with Crippen LogP contribution in [0.15, 0.2) is 40.2 Å². The first-order chi connectivity index (χ1) is 10.6. The van der Waals surface area contributed by atoms with Crippen molar-refractivity contribution in [2.75, 3.05) is 6.54 Å². The number of rotatable bonds is 6. The first-order valence-electron chi connectivity index (χ1n) is 6.89. The van der Waals surface area contributed by atoms with E-state index in [0.717, 1.165) is 9.35 Å². The summed E-state index contributed by atoms with van der Waals surface area (Å²) in [5.41, 5.74) is 1.77. The molecular weight excluding hydrogens is 364 g/mol. The Morgan fingerprint density at radius 2 is 1.86 bits per heavy atom. The second-order valence-electron chi connectivity index (χ2n) is 4.82. The molecule has 0 fully saturated rings. The average molecular weight is 381 g/mol. The highest BCUT2D eigenvalue weighted by molar-refractivity contribution is 9.10. The van der Waals surface area contributed by atoms with Crippen molar-refractivity contribution in [1.82, 2.24) is 10.6 Å². The number of benzene rings is 1. The van der Waals surface area contributed by atoms with Crippen molar-refractivity contribution >= 4 is 39.1 Å². The largest absolute Gasteiger partial charge is 0.352 e. The number of amides is 2. The third-order valence-electron chi connectivity index (χ3n) is 3.16. The lowest BCUT2D eigenvalue weighted by molar-refractivity contribution is -0.121. The number of carbonyl (C=O) groups excluding carboxylic acids is 2. The molecule has 0 unspecified atom stereocenters. The van der Waals surface area contributed by atoms with Gasteiger partial charge in [0.1, 0.15) is 0 Å². The highest BCUT2D eigenvalue weighted by Gasteiger charge is 2.07. The molecule has 0 spiro atoms. The van der Waals surface area contributed by atoms with Gasteiger partial charge in [0, 0.05) is 27.9 Å². The van der Waals surface area contributed by atoms with E-state index < -0.39 is 0 Å². The predicted octanol–water partition coefficient (Wildman–Crippen LogP) is 3.26.